The third-order valence-corrected chi connectivity index (χ3v) is 3.67. The molecular weight excluding hydrogens is 150 g/mol. The highest BCUT2D eigenvalue weighted by atomic mass is 16.3. The van der Waals surface area contributed by atoms with Gasteiger partial charge in [-0.2, -0.15) is 0 Å². The van der Waals surface area contributed by atoms with E-state index in [4.69, 9.17) is 5.41 Å². The fourth-order valence-corrected chi connectivity index (χ4v) is 2.95. The number of hydrogen-bond acceptors (Lipinski definition) is 2. The Kier molecular flexibility index (Phi) is 1.76. The second kappa shape index (κ2) is 2.56. The first-order valence-electron chi connectivity index (χ1n) is 4.95. The van der Waals surface area contributed by atoms with Gasteiger partial charge in [0.15, 0.2) is 0 Å². The number of fused-ring (bicyclic) bond motifs is 1. The van der Waals surface area contributed by atoms with Crippen molar-refractivity contribution >= 4 is 5.71 Å². The molecule has 0 radical (unpaired) electrons. The van der Waals surface area contributed by atoms with Crippen molar-refractivity contribution in [2.24, 2.45) is 11.8 Å². The van der Waals surface area contributed by atoms with Gasteiger partial charge < -0.3 is 10.5 Å². The third kappa shape index (κ3) is 0.939. The average Bonchev–Trinajstić information content (AvgIpc) is 2.25. The highest BCUT2D eigenvalue weighted by Crippen LogP contribution is 2.46. The summed E-state index contributed by atoms with van der Waals surface area (Å²) in [5.41, 5.74) is -0.0998. The Morgan fingerprint density at radius 3 is 2.92 bits per heavy atom. The minimum atomic E-state index is -0.697. The maximum atomic E-state index is 10.2. The summed E-state index contributed by atoms with van der Waals surface area (Å²) in [6.45, 7) is 2.17. The molecule has 12 heavy (non-hydrogen) atoms. The molecule has 0 saturated heterocycles. The topological polar surface area (TPSA) is 44.1 Å². The summed E-state index contributed by atoms with van der Waals surface area (Å²) in [5, 5.41) is 18.0. The minimum absolute atomic E-state index is 0.388. The van der Waals surface area contributed by atoms with E-state index in [9.17, 15) is 5.11 Å². The fraction of sp³-hybridized carbons (Fsp3) is 0.900. The second-order valence-corrected chi connectivity index (χ2v) is 4.44. The Hall–Kier alpha value is -0.370. The number of rotatable bonds is 0. The molecule has 2 saturated carbocycles. The summed E-state index contributed by atoms with van der Waals surface area (Å²) in [7, 11) is 0. The summed E-state index contributed by atoms with van der Waals surface area (Å²) in [6.07, 6.45) is 5.12. The van der Waals surface area contributed by atoms with E-state index < -0.39 is 5.60 Å². The predicted molar refractivity (Wildman–Crippen MR) is 48.4 cm³/mol. The van der Waals surface area contributed by atoms with Crippen LogP contribution in [0.25, 0.3) is 0 Å². The second-order valence-electron chi connectivity index (χ2n) is 4.44. The van der Waals surface area contributed by atoms with Crippen LogP contribution in [0.1, 0.15) is 39.0 Å². The molecule has 68 valence electrons. The molecule has 2 aliphatic rings. The zero-order chi connectivity index (χ0) is 8.77. The molecule has 0 heterocycles. The molecule has 2 aliphatic carbocycles. The van der Waals surface area contributed by atoms with Crippen LogP contribution in [-0.2, 0) is 0 Å². The van der Waals surface area contributed by atoms with Crippen LogP contribution in [0, 0.1) is 17.2 Å². The molecule has 0 spiro atoms. The summed E-state index contributed by atoms with van der Waals surface area (Å²) in [4.78, 5) is 0. The maximum Gasteiger partial charge on any atom is 0.105 e. The Morgan fingerprint density at radius 1 is 1.50 bits per heavy atom. The lowest BCUT2D eigenvalue weighted by molar-refractivity contribution is 0.0102. The maximum absolute atomic E-state index is 10.2. The van der Waals surface area contributed by atoms with Crippen LogP contribution in [-0.4, -0.2) is 16.4 Å². The monoisotopic (exact) mass is 167 g/mol. The van der Waals surface area contributed by atoms with Gasteiger partial charge in [-0.05, 0) is 31.1 Å². The summed E-state index contributed by atoms with van der Waals surface area (Å²) in [6, 6.07) is 0. The molecule has 0 aromatic carbocycles. The third-order valence-electron chi connectivity index (χ3n) is 3.67. The lowest BCUT2D eigenvalue weighted by Gasteiger charge is -2.35. The van der Waals surface area contributed by atoms with Crippen molar-refractivity contribution in [1.29, 1.82) is 5.41 Å². The molecule has 2 nitrogen and oxygen atoms in total. The molecule has 0 amide bonds. The SMILES string of the molecule is CC1CC(=N)C2(O)CCCCC12. The zero-order valence-electron chi connectivity index (χ0n) is 7.64. The van der Waals surface area contributed by atoms with E-state index in [0.29, 0.717) is 17.5 Å². The van der Waals surface area contributed by atoms with Crippen molar-refractivity contribution in [2.45, 2.75) is 44.6 Å². The van der Waals surface area contributed by atoms with Crippen molar-refractivity contribution in [2.75, 3.05) is 0 Å². The summed E-state index contributed by atoms with van der Waals surface area (Å²) < 4.78 is 0. The first-order valence-corrected chi connectivity index (χ1v) is 4.95. The van der Waals surface area contributed by atoms with Gasteiger partial charge in [0.1, 0.15) is 5.60 Å². The molecule has 2 rings (SSSR count). The first kappa shape index (κ1) is 8.24. The number of hydrogen-bond donors (Lipinski definition) is 2. The van der Waals surface area contributed by atoms with Crippen LogP contribution in [0.3, 0.4) is 0 Å². The standard InChI is InChI=1S/C10H17NO/c1-7-6-9(11)10(12)5-3-2-4-8(7)10/h7-8,11-12H,2-6H2,1H3. The van der Waals surface area contributed by atoms with E-state index in [1.54, 1.807) is 0 Å². The highest BCUT2D eigenvalue weighted by Gasteiger charge is 2.50. The minimum Gasteiger partial charge on any atom is -0.384 e. The van der Waals surface area contributed by atoms with Gasteiger partial charge in [-0.1, -0.05) is 19.8 Å². The van der Waals surface area contributed by atoms with Crippen molar-refractivity contribution in [3.63, 3.8) is 0 Å². The zero-order valence-corrected chi connectivity index (χ0v) is 7.64. The smallest absolute Gasteiger partial charge is 0.105 e. The van der Waals surface area contributed by atoms with Gasteiger partial charge in [0.05, 0.1) is 0 Å². The van der Waals surface area contributed by atoms with Crippen LogP contribution in [0.4, 0.5) is 0 Å². The van der Waals surface area contributed by atoms with E-state index in [1.165, 1.54) is 6.42 Å². The van der Waals surface area contributed by atoms with Crippen LogP contribution in [0.5, 0.6) is 0 Å². The molecule has 2 N–H and O–H groups in total. The van der Waals surface area contributed by atoms with Crippen LogP contribution in [0.2, 0.25) is 0 Å². The summed E-state index contributed by atoms with van der Waals surface area (Å²) in [5.74, 6) is 0.918. The number of nitrogens with one attached hydrogen (secondary N) is 1. The van der Waals surface area contributed by atoms with Gasteiger partial charge in [-0.3, -0.25) is 0 Å². The molecule has 3 unspecified atom stereocenters. The van der Waals surface area contributed by atoms with Crippen molar-refractivity contribution < 1.29 is 5.11 Å². The molecular formula is C10H17NO. The van der Waals surface area contributed by atoms with Crippen molar-refractivity contribution in [3.05, 3.63) is 0 Å². The largest absolute Gasteiger partial charge is 0.384 e. The molecule has 0 aromatic heterocycles. The molecule has 0 aromatic rings. The van der Waals surface area contributed by atoms with E-state index in [0.717, 1.165) is 25.7 Å². The molecule has 0 aliphatic heterocycles. The van der Waals surface area contributed by atoms with Crippen LogP contribution in [0.15, 0.2) is 0 Å². The van der Waals surface area contributed by atoms with Crippen LogP contribution >= 0.6 is 0 Å². The Labute approximate surface area is 73.5 Å². The predicted octanol–water partition coefficient (Wildman–Crippen LogP) is 1.97. The Morgan fingerprint density at radius 2 is 2.25 bits per heavy atom. The van der Waals surface area contributed by atoms with E-state index in [2.05, 4.69) is 6.92 Å². The lowest BCUT2D eigenvalue weighted by atomic mass is 9.75. The first-order chi connectivity index (χ1) is 5.64. The van der Waals surface area contributed by atoms with Gasteiger partial charge in [0, 0.05) is 5.71 Å². The van der Waals surface area contributed by atoms with Gasteiger partial charge >= 0.3 is 0 Å². The van der Waals surface area contributed by atoms with E-state index >= 15 is 0 Å². The molecule has 3 atom stereocenters. The van der Waals surface area contributed by atoms with Gasteiger partial charge in [-0.15, -0.1) is 0 Å². The van der Waals surface area contributed by atoms with Crippen molar-refractivity contribution in [3.8, 4) is 0 Å². The Bertz CT molecular complexity index is 214. The van der Waals surface area contributed by atoms with Crippen molar-refractivity contribution in [1.82, 2.24) is 0 Å². The average molecular weight is 167 g/mol. The lowest BCUT2D eigenvalue weighted by Crippen LogP contribution is -2.42. The molecule has 2 fully saturated rings. The highest BCUT2D eigenvalue weighted by molar-refractivity contribution is 5.92. The Balaban J connectivity index is 2.27. The van der Waals surface area contributed by atoms with Gasteiger partial charge in [0.2, 0.25) is 0 Å². The number of aliphatic hydroxyl groups is 1. The van der Waals surface area contributed by atoms with E-state index in [-0.39, 0.29) is 0 Å². The molecule has 2 heteroatoms. The van der Waals surface area contributed by atoms with Gasteiger partial charge in [-0.25, -0.2) is 0 Å². The van der Waals surface area contributed by atoms with Crippen LogP contribution < -0.4 is 0 Å². The fourth-order valence-electron chi connectivity index (χ4n) is 2.95. The van der Waals surface area contributed by atoms with E-state index in [1.807, 2.05) is 0 Å². The normalized spacial score (nSPS) is 47.7. The quantitative estimate of drug-likeness (QED) is 0.569. The molecule has 0 bridgehead atoms. The summed E-state index contributed by atoms with van der Waals surface area (Å²) >= 11 is 0. The van der Waals surface area contributed by atoms with Gasteiger partial charge in [0.25, 0.3) is 0 Å².